The average molecular weight is 745 g/mol. The van der Waals surface area contributed by atoms with Crippen LogP contribution in [0, 0.1) is 0 Å². The highest BCUT2D eigenvalue weighted by Gasteiger charge is 2.39. The van der Waals surface area contributed by atoms with E-state index in [0.717, 1.165) is 33.2 Å². The van der Waals surface area contributed by atoms with E-state index in [9.17, 15) is 27.6 Å². The maximum Gasteiger partial charge on any atom is 0.415 e. The molecule has 274 valence electrons. The molecule has 0 aromatic heterocycles. The summed E-state index contributed by atoms with van der Waals surface area (Å²) in [6.45, 7) is 2.31. The van der Waals surface area contributed by atoms with Crippen molar-refractivity contribution in [1.29, 1.82) is 0 Å². The van der Waals surface area contributed by atoms with Gasteiger partial charge in [0.05, 0.1) is 4.90 Å². The summed E-state index contributed by atoms with van der Waals surface area (Å²) < 4.78 is 36.2. The number of ether oxygens (including phenoxy) is 2. The van der Waals surface area contributed by atoms with Gasteiger partial charge in [-0.3, -0.25) is 19.7 Å². The van der Waals surface area contributed by atoms with Gasteiger partial charge < -0.3 is 24.2 Å². The Kier molecular flexibility index (Phi) is 9.02. The van der Waals surface area contributed by atoms with E-state index in [1.54, 1.807) is 59.5 Å². The summed E-state index contributed by atoms with van der Waals surface area (Å²) in [5, 5.41) is 4.20. The second-order valence-corrected chi connectivity index (χ2v) is 15.6. The van der Waals surface area contributed by atoms with Gasteiger partial charge in [0, 0.05) is 67.6 Å². The summed E-state index contributed by atoms with van der Waals surface area (Å²) in [6, 6.07) is 30.3. The molecule has 1 N–H and O–H groups in total. The first-order valence-electron chi connectivity index (χ1n) is 17.6. The molecule has 1 unspecified atom stereocenters. The molecule has 0 spiro atoms. The number of imide groups is 1. The van der Waals surface area contributed by atoms with Crippen LogP contribution in [0.25, 0.3) is 21.9 Å². The van der Waals surface area contributed by atoms with Crippen LogP contribution in [0.3, 0.4) is 0 Å². The number of rotatable bonds is 7. The van der Waals surface area contributed by atoms with Crippen molar-refractivity contribution in [3.05, 3.63) is 114 Å². The van der Waals surface area contributed by atoms with Gasteiger partial charge in [0.15, 0.2) is 9.84 Å². The van der Waals surface area contributed by atoms with Gasteiger partial charge >= 0.3 is 6.09 Å². The second kappa shape index (κ2) is 14.0. The molecule has 0 bridgehead atoms. The number of hydrogen-bond acceptors (Lipinski definition) is 9. The largest absolute Gasteiger partial charge is 0.456 e. The Morgan fingerprint density at radius 1 is 0.796 bits per heavy atom. The molecule has 0 radical (unpaired) electrons. The number of hydrogen-bond donors (Lipinski definition) is 1. The first-order chi connectivity index (χ1) is 26.0. The van der Waals surface area contributed by atoms with Crippen molar-refractivity contribution in [1.82, 2.24) is 15.1 Å². The van der Waals surface area contributed by atoms with E-state index in [1.165, 1.54) is 11.2 Å². The zero-order valence-electron chi connectivity index (χ0n) is 29.4. The molecule has 5 aromatic rings. The molecule has 12 nitrogen and oxygen atoms in total. The first kappa shape index (κ1) is 34.9. The Bertz CT molecular complexity index is 2420. The summed E-state index contributed by atoms with van der Waals surface area (Å²) in [5.41, 5.74) is 3.91. The quantitative estimate of drug-likeness (QED) is 0.205. The average Bonchev–Trinajstić information content (AvgIpc) is 3.50. The van der Waals surface area contributed by atoms with Crippen molar-refractivity contribution < 1.29 is 37.1 Å². The maximum absolute atomic E-state index is 13.2. The molecule has 2 fully saturated rings. The molecule has 13 heteroatoms. The van der Waals surface area contributed by atoms with Gasteiger partial charge in [-0.25, -0.2) is 13.2 Å². The molecule has 54 heavy (non-hydrogen) atoms. The van der Waals surface area contributed by atoms with Crippen molar-refractivity contribution >= 4 is 50.1 Å². The van der Waals surface area contributed by atoms with Crippen molar-refractivity contribution in [3.8, 4) is 28.4 Å². The number of carbonyl (C=O) groups is 4. The number of piperidine rings is 1. The number of carbonyl (C=O) groups excluding carboxylic acids is 4. The fourth-order valence-corrected chi connectivity index (χ4v) is 7.86. The minimum Gasteiger partial charge on any atom is -0.456 e. The lowest BCUT2D eigenvalue weighted by molar-refractivity contribution is -0.136. The van der Waals surface area contributed by atoms with E-state index in [0.29, 0.717) is 62.0 Å². The lowest BCUT2D eigenvalue weighted by Crippen LogP contribution is -2.52. The van der Waals surface area contributed by atoms with E-state index in [2.05, 4.69) is 10.2 Å². The smallest absolute Gasteiger partial charge is 0.415 e. The van der Waals surface area contributed by atoms with Crippen molar-refractivity contribution in [2.45, 2.75) is 30.3 Å². The number of piperazine rings is 1. The Hall–Kier alpha value is -6.21. The SMILES string of the molecule is CS(=O)(=O)c1ccc(-c2ccc3ccccc3c2Oc2ccc(OC(=O)N3CCN(c4ccc5c(c4)CN(C4CCC(=O)NC4=O)C5=O)CC3)cc2)cc1. The van der Waals surface area contributed by atoms with E-state index < -0.39 is 27.9 Å². The van der Waals surface area contributed by atoms with Crippen LogP contribution in [0.1, 0.15) is 28.8 Å². The van der Waals surface area contributed by atoms with Crippen molar-refractivity contribution in [2.75, 3.05) is 37.3 Å². The third kappa shape index (κ3) is 6.85. The van der Waals surface area contributed by atoms with Crippen LogP contribution in [0.4, 0.5) is 10.5 Å². The highest BCUT2D eigenvalue weighted by Crippen LogP contribution is 2.40. The Labute approximate surface area is 311 Å². The van der Waals surface area contributed by atoms with Crippen LogP contribution in [-0.4, -0.2) is 80.5 Å². The van der Waals surface area contributed by atoms with Gasteiger partial charge in [-0.05, 0) is 83.6 Å². The van der Waals surface area contributed by atoms with E-state index >= 15 is 0 Å². The molecule has 2 saturated heterocycles. The standard InChI is InChI=1S/C41H36N4O8S/c1-54(50,51)32-14-6-27(7-15-32)34-16-8-26-4-2-3-5-33(26)38(34)52-30-10-12-31(13-11-30)53-41(49)44-22-20-43(21-23-44)29-9-17-35-28(24-29)25-45(40(35)48)36-18-19-37(46)42-39(36)47/h2-17,24,36H,18-23,25H2,1H3,(H,42,46,47). The maximum atomic E-state index is 13.2. The van der Waals surface area contributed by atoms with Gasteiger partial charge in [0.1, 0.15) is 23.3 Å². The third-order valence-electron chi connectivity index (χ3n) is 10.1. The van der Waals surface area contributed by atoms with E-state index in [1.807, 2.05) is 48.5 Å². The van der Waals surface area contributed by atoms with Gasteiger partial charge in [-0.2, -0.15) is 0 Å². The highest BCUT2D eigenvalue weighted by atomic mass is 32.2. The van der Waals surface area contributed by atoms with E-state index in [4.69, 9.17) is 9.47 Å². The minimum atomic E-state index is -3.34. The normalized spacial score (nSPS) is 17.4. The number of sulfone groups is 1. The highest BCUT2D eigenvalue weighted by molar-refractivity contribution is 7.90. The Morgan fingerprint density at radius 3 is 2.22 bits per heavy atom. The summed E-state index contributed by atoms with van der Waals surface area (Å²) >= 11 is 0. The third-order valence-corrected chi connectivity index (χ3v) is 11.3. The van der Waals surface area contributed by atoms with Crippen LogP contribution in [0.2, 0.25) is 0 Å². The summed E-state index contributed by atoms with van der Waals surface area (Å²) in [4.78, 5) is 55.8. The van der Waals surface area contributed by atoms with Crippen molar-refractivity contribution in [2.24, 2.45) is 0 Å². The number of amides is 4. The molecule has 3 aliphatic heterocycles. The Morgan fingerprint density at radius 2 is 1.50 bits per heavy atom. The second-order valence-electron chi connectivity index (χ2n) is 13.6. The number of fused-ring (bicyclic) bond motifs is 2. The molecule has 0 aliphatic carbocycles. The van der Waals surface area contributed by atoms with Crippen molar-refractivity contribution in [3.63, 3.8) is 0 Å². The molecule has 4 amide bonds. The molecule has 8 rings (SSSR count). The molecule has 0 saturated carbocycles. The Balaban J connectivity index is 0.900. The fraction of sp³-hybridized carbons (Fsp3) is 0.220. The van der Waals surface area contributed by atoms with Gasteiger partial charge in [-0.15, -0.1) is 0 Å². The van der Waals surface area contributed by atoms with Crippen LogP contribution in [0.15, 0.2) is 108 Å². The molecule has 3 aliphatic rings. The molecule has 1 atom stereocenters. The van der Waals surface area contributed by atoms with Gasteiger partial charge in [0.2, 0.25) is 11.8 Å². The van der Waals surface area contributed by atoms with Gasteiger partial charge in [-0.1, -0.05) is 42.5 Å². The van der Waals surface area contributed by atoms with Gasteiger partial charge in [0.25, 0.3) is 5.91 Å². The lowest BCUT2D eigenvalue weighted by atomic mass is 9.99. The number of nitrogens with one attached hydrogen (secondary N) is 1. The van der Waals surface area contributed by atoms with Crippen LogP contribution < -0.4 is 19.7 Å². The number of nitrogens with zero attached hydrogens (tertiary/aromatic N) is 3. The molecular weight excluding hydrogens is 709 g/mol. The predicted molar refractivity (Wildman–Crippen MR) is 201 cm³/mol. The van der Waals surface area contributed by atoms with E-state index in [-0.39, 0.29) is 23.1 Å². The first-order valence-corrected chi connectivity index (χ1v) is 19.5. The zero-order valence-corrected chi connectivity index (χ0v) is 30.2. The monoisotopic (exact) mass is 744 g/mol. The summed E-state index contributed by atoms with van der Waals surface area (Å²) in [6.07, 6.45) is 1.23. The fourth-order valence-electron chi connectivity index (χ4n) is 7.23. The predicted octanol–water partition coefficient (Wildman–Crippen LogP) is 5.78. The number of anilines is 1. The molecular formula is C41H36N4O8S. The zero-order chi connectivity index (χ0) is 37.6. The number of benzene rings is 5. The van der Waals surface area contributed by atoms with Crippen LogP contribution in [-0.2, 0) is 26.0 Å². The summed E-state index contributed by atoms with van der Waals surface area (Å²) in [7, 11) is -3.34. The summed E-state index contributed by atoms with van der Waals surface area (Å²) in [5.74, 6) is 0.547. The topological polar surface area (TPSA) is 143 Å². The molecule has 3 heterocycles. The van der Waals surface area contributed by atoms with Crippen LogP contribution >= 0.6 is 0 Å². The lowest BCUT2D eigenvalue weighted by Gasteiger charge is -2.35. The van der Waals surface area contributed by atoms with Crippen LogP contribution in [0.5, 0.6) is 17.2 Å². The minimum absolute atomic E-state index is 0.204. The molecule has 5 aromatic carbocycles.